The van der Waals surface area contributed by atoms with Gasteiger partial charge >= 0.3 is 0 Å². The summed E-state index contributed by atoms with van der Waals surface area (Å²) in [5.41, 5.74) is 0.971. The fourth-order valence-corrected chi connectivity index (χ4v) is 1.50. The Morgan fingerprint density at radius 3 is 2.71 bits per heavy atom. The maximum absolute atomic E-state index is 11.0. The van der Waals surface area contributed by atoms with Gasteiger partial charge in [0.05, 0.1) is 18.9 Å². The summed E-state index contributed by atoms with van der Waals surface area (Å²) in [4.78, 5) is 13.2. The fourth-order valence-electron chi connectivity index (χ4n) is 1.50. The van der Waals surface area contributed by atoms with Crippen LogP contribution in [0.3, 0.4) is 0 Å². The van der Waals surface area contributed by atoms with Crippen LogP contribution in [0.25, 0.3) is 0 Å². The lowest BCUT2D eigenvalue weighted by Gasteiger charge is -2.27. The highest BCUT2D eigenvalue weighted by molar-refractivity contribution is 5.92. The smallest absolute Gasteiger partial charge is 0.194 e. The molecule has 0 bridgehead atoms. The number of ketones is 1. The highest BCUT2D eigenvalue weighted by Gasteiger charge is 2.14. The normalized spacial score (nSPS) is 17.1. The molecule has 1 aliphatic heterocycles. The lowest BCUT2D eigenvalue weighted by atomic mass is 10.3. The number of Topliss-reactive ketones (excluding diaryl/α,β-unsaturated/α-hetero) is 1. The van der Waals surface area contributed by atoms with Gasteiger partial charge in [0.2, 0.25) is 0 Å². The van der Waals surface area contributed by atoms with Crippen molar-refractivity contribution in [3.05, 3.63) is 18.1 Å². The first kappa shape index (κ1) is 9.27. The van der Waals surface area contributed by atoms with Crippen LogP contribution in [-0.2, 0) is 4.74 Å². The molecule has 2 heterocycles. The van der Waals surface area contributed by atoms with Gasteiger partial charge in [-0.05, 0) is 0 Å². The van der Waals surface area contributed by atoms with E-state index in [1.54, 1.807) is 12.3 Å². The lowest BCUT2D eigenvalue weighted by Crippen LogP contribution is -2.35. The Bertz CT molecular complexity index is 326. The average Bonchev–Trinajstić information content (AvgIpc) is 2.68. The number of hydrogen-bond donors (Lipinski definition) is 0. The van der Waals surface area contributed by atoms with Crippen molar-refractivity contribution in [2.24, 2.45) is 0 Å². The van der Waals surface area contributed by atoms with Crippen LogP contribution in [0, 0.1) is 0 Å². The van der Waals surface area contributed by atoms with Crippen LogP contribution in [0.5, 0.6) is 0 Å². The molecule has 0 aromatic carbocycles. The van der Waals surface area contributed by atoms with Crippen molar-refractivity contribution in [3.8, 4) is 0 Å². The quantitative estimate of drug-likeness (QED) is 0.667. The highest BCUT2D eigenvalue weighted by Crippen LogP contribution is 2.19. The molecule has 0 unspecified atom stereocenters. The molecule has 1 aromatic heterocycles. The molecule has 0 spiro atoms. The van der Waals surface area contributed by atoms with Crippen molar-refractivity contribution in [2.75, 3.05) is 31.2 Å². The molecule has 1 aromatic rings. The first-order chi connectivity index (χ1) is 6.77. The standard InChI is InChI=1S/C10H13NO3/c1-8(12)10-6-9(7-14-10)11-2-4-13-5-3-11/h6-7H,2-5H2,1H3. The topological polar surface area (TPSA) is 42.7 Å². The molecule has 2 rings (SSSR count). The number of carbonyl (C=O) groups excluding carboxylic acids is 1. The predicted molar refractivity (Wildman–Crippen MR) is 51.7 cm³/mol. The molecule has 4 nitrogen and oxygen atoms in total. The summed E-state index contributed by atoms with van der Waals surface area (Å²) in [5.74, 6) is 0.385. The van der Waals surface area contributed by atoms with E-state index < -0.39 is 0 Å². The summed E-state index contributed by atoms with van der Waals surface area (Å²) in [7, 11) is 0. The third-order valence-electron chi connectivity index (χ3n) is 2.31. The molecule has 0 aliphatic carbocycles. The van der Waals surface area contributed by atoms with Crippen LogP contribution in [0.1, 0.15) is 17.5 Å². The van der Waals surface area contributed by atoms with E-state index >= 15 is 0 Å². The highest BCUT2D eigenvalue weighted by atomic mass is 16.5. The van der Waals surface area contributed by atoms with Gasteiger partial charge in [0, 0.05) is 26.1 Å². The Morgan fingerprint density at radius 1 is 1.43 bits per heavy atom. The Kier molecular flexibility index (Phi) is 2.54. The second-order valence-corrected chi connectivity index (χ2v) is 3.32. The molecule has 76 valence electrons. The van der Waals surface area contributed by atoms with Gasteiger partial charge in [-0.25, -0.2) is 0 Å². The van der Waals surface area contributed by atoms with Crippen LogP contribution in [0.15, 0.2) is 16.7 Å². The third kappa shape index (κ3) is 1.80. The Balaban J connectivity index is 2.11. The molecule has 4 heteroatoms. The number of anilines is 1. The van der Waals surface area contributed by atoms with Gasteiger partial charge in [-0.1, -0.05) is 0 Å². The van der Waals surface area contributed by atoms with Gasteiger partial charge < -0.3 is 14.1 Å². The summed E-state index contributed by atoms with van der Waals surface area (Å²) in [5, 5.41) is 0. The molecule has 0 saturated carbocycles. The average molecular weight is 195 g/mol. The Morgan fingerprint density at radius 2 is 2.14 bits per heavy atom. The fraction of sp³-hybridized carbons (Fsp3) is 0.500. The third-order valence-corrected chi connectivity index (χ3v) is 2.31. The molecule has 1 saturated heterocycles. The molecule has 1 aliphatic rings. The SMILES string of the molecule is CC(=O)c1cc(N2CCOCC2)co1. The van der Waals surface area contributed by atoms with Crippen molar-refractivity contribution < 1.29 is 13.9 Å². The molecule has 1 fully saturated rings. The summed E-state index contributed by atoms with van der Waals surface area (Å²) in [6, 6.07) is 1.79. The van der Waals surface area contributed by atoms with Crippen LogP contribution < -0.4 is 4.90 Å². The molecule has 14 heavy (non-hydrogen) atoms. The zero-order valence-corrected chi connectivity index (χ0v) is 8.16. The molecule has 0 N–H and O–H groups in total. The number of hydrogen-bond acceptors (Lipinski definition) is 4. The number of carbonyl (C=O) groups is 1. The number of rotatable bonds is 2. The largest absolute Gasteiger partial charge is 0.459 e. The molecule has 0 atom stereocenters. The van der Waals surface area contributed by atoms with Crippen molar-refractivity contribution in [1.82, 2.24) is 0 Å². The van der Waals surface area contributed by atoms with E-state index in [2.05, 4.69) is 4.90 Å². The second kappa shape index (κ2) is 3.84. The Labute approximate surface area is 82.4 Å². The minimum Gasteiger partial charge on any atom is -0.459 e. The van der Waals surface area contributed by atoms with Crippen molar-refractivity contribution in [2.45, 2.75) is 6.92 Å². The zero-order chi connectivity index (χ0) is 9.97. The maximum atomic E-state index is 11.0. The van der Waals surface area contributed by atoms with E-state index in [0.717, 1.165) is 32.0 Å². The predicted octanol–water partition coefficient (Wildman–Crippen LogP) is 1.32. The van der Waals surface area contributed by atoms with E-state index in [1.807, 2.05) is 0 Å². The number of ether oxygens (including phenoxy) is 1. The maximum Gasteiger partial charge on any atom is 0.194 e. The van der Waals surface area contributed by atoms with Gasteiger partial charge in [0.15, 0.2) is 11.5 Å². The minimum atomic E-state index is -0.0375. The van der Waals surface area contributed by atoms with Crippen LogP contribution in [0.4, 0.5) is 5.69 Å². The van der Waals surface area contributed by atoms with E-state index in [0.29, 0.717) is 5.76 Å². The molecule has 0 radical (unpaired) electrons. The van der Waals surface area contributed by atoms with Crippen molar-refractivity contribution in [1.29, 1.82) is 0 Å². The zero-order valence-electron chi connectivity index (χ0n) is 8.16. The van der Waals surface area contributed by atoms with Crippen LogP contribution >= 0.6 is 0 Å². The summed E-state index contributed by atoms with van der Waals surface area (Å²) in [6.07, 6.45) is 1.63. The summed E-state index contributed by atoms with van der Waals surface area (Å²) in [6.45, 7) is 4.69. The van der Waals surface area contributed by atoms with E-state index in [-0.39, 0.29) is 5.78 Å². The molecule has 0 amide bonds. The van der Waals surface area contributed by atoms with E-state index in [4.69, 9.17) is 9.15 Å². The first-order valence-electron chi connectivity index (χ1n) is 4.69. The number of furan rings is 1. The summed E-state index contributed by atoms with van der Waals surface area (Å²) >= 11 is 0. The first-order valence-corrected chi connectivity index (χ1v) is 4.69. The molecular formula is C10H13NO3. The van der Waals surface area contributed by atoms with Gasteiger partial charge in [-0.2, -0.15) is 0 Å². The van der Waals surface area contributed by atoms with E-state index in [9.17, 15) is 4.79 Å². The van der Waals surface area contributed by atoms with Crippen LogP contribution in [0.2, 0.25) is 0 Å². The van der Waals surface area contributed by atoms with Crippen molar-refractivity contribution in [3.63, 3.8) is 0 Å². The number of morpholine rings is 1. The van der Waals surface area contributed by atoms with Crippen LogP contribution in [-0.4, -0.2) is 32.1 Å². The van der Waals surface area contributed by atoms with Gasteiger partial charge in [0.1, 0.15) is 6.26 Å². The van der Waals surface area contributed by atoms with Gasteiger partial charge in [0.25, 0.3) is 0 Å². The number of nitrogens with zero attached hydrogens (tertiary/aromatic N) is 1. The summed E-state index contributed by atoms with van der Waals surface area (Å²) < 4.78 is 10.4. The van der Waals surface area contributed by atoms with Gasteiger partial charge in [-0.15, -0.1) is 0 Å². The lowest BCUT2D eigenvalue weighted by molar-refractivity contribution is 0.0987. The van der Waals surface area contributed by atoms with Gasteiger partial charge in [-0.3, -0.25) is 4.79 Å². The monoisotopic (exact) mass is 195 g/mol. The Hall–Kier alpha value is -1.29. The van der Waals surface area contributed by atoms with Crippen molar-refractivity contribution >= 4 is 11.5 Å². The second-order valence-electron chi connectivity index (χ2n) is 3.32. The van der Waals surface area contributed by atoms with E-state index in [1.165, 1.54) is 6.92 Å². The molecular weight excluding hydrogens is 182 g/mol. The minimum absolute atomic E-state index is 0.0375.